The highest BCUT2D eigenvalue weighted by atomic mass is 35.5. The maximum Gasteiger partial charge on any atom is 0.223 e. The molecule has 4 heteroatoms. The van der Waals surface area contributed by atoms with Crippen molar-refractivity contribution in [3.05, 3.63) is 41.3 Å². The molecular weight excluding hydrogens is 248 g/mol. The third-order valence-electron chi connectivity index (χ3n) is 2.78. The van der Waals surface area contributed by atoms with Gasteiger partial charge in [-0.05, 0) is 49.6 Å². The van der Waals surface area contributed by atoms with Crippen molar-refractivity contribution in [1.29, 1.82) is 0 Å². The first kappa shape index (κ1) is 11.5. The topological polar surface area (TPSA) is 35.0 Å². The molecule has 1 aliphatic carbocycles. The second-order valence-electron chi connectivity index (χ2n) is 4.51. The minimum Gasteiger partial charge on any atom is -0.490 e. The van der Waals surface area contributed by atoms with E-state index in [0.29, 0.717) is 6.10 Å². The summed E-state index contributed by atoms with van der Waals surface area (Å²) in [5.41, 5.74) is 2.69. The van der Waals surface area contributed by atoms with Crippen LogP contribution in [0.15, 0.2) is 30.3 Å². The van der Waals surface area contributed by atoms with Crippen LogP contribution in [-0.2, 0) is 0 Å². The van der Waals surface area contributed by atoms with Crippen molar-refractivity contribution >= 4 is 11.6 Å². The Morgan fingerprint density at radius 1 is 1.22 bits per heavy atom. The summed E-state index contributed by atoms with van der Waals surface area (Å²) in [4.78, 5) is 8.30. The average Bonchev–Trinajstić information content (AvgIpc) is 3.12. The monoisotopic (exact) mass is 260 g/mol. The molecule has 2 aromatic rings. The molecule has 0 spiro atoms. The largest absolute Gasteiger partial charge is 0.490 e. The van der Waals surface area contributed by atoms with Gasteiger partial charge in [0.25, 0.3) is 0 Å². The highest BCUT2D eigenvalue weighted by Crippen LogP contribution is 2.29. The Hall–Kier alpha value is -1.61. The second-order valence-corrected chi connectivity index (χ2v) is 4.85. The van der Waals surface area contributed by atoms with E-state index in [-0.39, 0.29) is 5.28 Å². The van der Waals surface area contributed by atoms with E-state index in [4.69, 9.17) is 16.3 Å². The number of ether oxygens (including phenoxy) is 1. The fraction of sp³-hybridized carbons (Fsp3) is 0.286. The third-order valence-corrected chi connectivity index (χ3v) is 2.95. The van der Waals surface area contributed by atoms with E-state index in [1.54, 1.807) is 0 Å². The molecule has 0 aliphatic heterocycles. The van der Waals surface area contributed by atoms with Crippen molar-refractivity contribution in [2.45, 2.75) is 25.9 Å². The van der Waals surface area contributed by atoms with Crippen LogP contribution < -0.4 is 4.74 Å². The number of nitrogens with zero attached hydrogens (tertiary/aromatic N) is 2. The van der Waals surface area contributed by atoms with E-state index in [1.807, 2.05) is 37.3 Å². The van der Waals surface area contributed by atoms with Crippen LogP contribution in [0.25, 0.3) is 11.3 Å². The van der Waals surface area contributed by atoms with E-state index >= 15 is 0 Å². The van der Waals surface area contributed by atoms with Gasteiger partial charge < -0.3 is 4.74 Å². The number of aromatic nitrogens is 2. The summed E-state index contributed by atoms with van der Waals surface area (Å²) in [6.45, 7) is 1.90. The number of benzene rings is 1. The van der Waals surface area contributed by atoms with Crippen LogP contribution in [-0.4, -0.2) is 16.1 Å². The van der Waals surface area contributed by atoms with Crippen LogP contribution in [0.4, 0.5) is 0 Å². The summed E-state index contributed by atoms with van der Waals surface area (Å²) in [7, 11) is 0. The first-order chi connectivity index (χ1) is 8.70. The van der Waals surface area contributed by atoms with Crippen LogP contribution in [0.1, 0.15) is 18.5 Å². The molecule has 1 aromatic heterocycles. The molecule has 0 N–H and O–H groups in total. The molecule has 1 heterocycles. The van der Waals surface area contributed by atoms with Gasteiger partial charge in [-0.2, -0.15) is 0 Å². The Labute approximate surface area is 111 Å². The Balaban J connectivity index is 1.94. The zero-order valence-electron chi connectivity index (χ0n) is 10.1. The van der Waals surface area contributed by atoms with Crippen molar-refractivity contribution in [3.63, 3.8) is 0 Å². The van der Waals surface area contributed by atoms with Gasteiger partial charge in [0.15, 0.2) is 0 Å². The van der Waals surface area contributed by atoms with Crippen LogP contribution in [0, 0.1) is 6.92 Å². The molecule has 3 rings (SSSR count). The summed E-state index contributed by atoms with van der Waals surface area (Å²) in [6, 6.07) is 9.85. The molecule has 0 atom stereocenters. The maximum atomic E-state index is 5.88. The van der Waals surface area contributed by atoms with E-state index in [9.17, 15) is 0 Å². The highest BCUT2D eigenvalue weighted by Gasteiger charge is 2.23. The van der Waals surface area contributed by atoms with Crippen molar-refractivity contribution in [3.8, 4) is 17.0 Å². The van der Waals surface area contributed by atoms with E-state index < -0.39 is 0 Å². The smallest absolute Gasteiger partial charge is 0.223 e. The van der Waals surface area contributed by atoms with Crippen LogP contribution in [0.3, 0.4) is 0 Å². The van der Waals surface area contributed by atoms with Gasteiger partial charge in [0.05, 0.1) is 11.8 Å². The number of aryl methyl sites for hydroxylation is 1. The van der Waals surface area contributed by atoms with Gasteiger partial charge in [-0.15, -0.1) is 0 Å². The summed E-state index contributed by atoms with van der Waals surface area (Å²) in [5, 5.41) is 0.276. The Morgan fingerprint density at radius 2 is 2.06 bits per heavy atom. The highest BCUT2D eigenvalue weighted by molar-refractivity contribution is 6.28. The van der Waals surface area contributed by atoms with Gasteiger partial charge in [-0.1, -0.05) is 12.1 Å². The summed E-state index contributed by atoms with van der Waals surface area (Å²) >= 11 is 5.88. The first-order valence-corrected chi connectivity index (χ1v) is 6.37. The molecule has 0 saturated heterocycles. The lowest BCUT2D eigenvalue weighted by molar-refractivity contribution is 0.303. The van der Waals surface area contributed by atoms with Gasteiger partial charge in [0, 0.05) is 11.3 Å². The predicted octanol–water partition coefficient (Wildman–Crippen LogP) is 3.65. The zero-order chi connectivity index (χ0) is 12.5. The molecule has 0 radical (unpaired) electrons. The number of halogens is 1. The fourth-order valence-electron chi connectivity index (χ4n) is 1.79. The fourth-order valence-corrected chi connectivity index (χ4v) is 2.01. The lowest BCUT2D eigenvalue weighted by atomic mass is 10.1. The number of hydrogen-bond acceptors (Lipinski definition) is 3. The van der Waals surface area contributed by atoms with E-state index in [0.717, 1.165) is 35.5 Å². The first-order valence-electron chi connectivity index (χ1n) is 5.99. The normalized spacial score (nSPS) is 14.6. The molecule has 0 amide bonds. The van der Waals surface area contributed by atoms with Gasteiger partial charge in [0.2, 0.25) is 5.28 Å². The Bertz CT molecular complexity index is 562. The second kappa shape index (κ2) is 4.58. The molecule has 92 valence electrons. The molecule has 18 heavy (non-hydrogen) atoms. The number of hydrogen-bond donors (Lipinski definition) is 0. The van der Waals surface area contributed by atoms with Gasteiger partial charge in [0.1, 0.15) is 5.75 Å². The summed E-state index contributed by atoms with van der Waals surface area (Å²) in [5.74, 6) is 0.891. The molecule has 0 bridgehead atoms. The third kappa shape index (κ3) is 2.62. The van der Waals surface area contributed by atoms with Crippen molar-refractivity contribution in [2.75, 3.05) is 0 Å². The number of rotatable bonds is 3. The molecular formula is C14H13ClN2O. The minimum atomic E-state index is 0.276. The summed E-state index contributed by atoms with van der Waals surface area (Å²) in [6.07, 6.45) is 2.71. The van der Waals surface area contributed by atoms with Gasteiger partial charge >= 0.3 is 0 Å². The van der Waals surface area contributed by atoms with Crippen molar-refractivity contribution < 1.29 is 4.74 Å². The lowest BCUT2D eigenvalue weighted by Gasteiger charge is -2.07. The molecule has 1 saturated carbocycles. The average molecular weight is 261 g/mol. The molecule has 0 unspecified atom stereocenters. The quantitative estimate of drug-likeness (QED) is 0.790. The van der Waals surface area contributed by atoms with Crippen molar-refractivity contribution in [2.24, 2.45) is 0 Å². The molecule has 1 aromatic carbocycles. The van der Waals surface area contributed by atoms with E-state index in [2.05, 4.69) is 9.97 Å². The zero-order valence-corrected chi connectivity index (χ0v) is 10.8. The summed E-state index contributed by atoms with van der Waals surface area (Å²) < 4.78 is 5.77. The van der Waals surface area contributed by atoms with E-state index in [1.165, 1.54) is 0 Å². The van der Waals surface area contributed by atoms with Crippen molar-refractivity contribution in [1.82, 2.24) is 9.97 Å². The van der Waals surface area contributed by atoms with Crippen LogP contribution in [0.2, 0.25) is 5.28 Å². The Kier molecular flexibility index (Phi) is 2.92. The minimum absolute atomic E-state index is 0.276. The Morgan fingerprint density at radius 3 is 2.78 bits per heavy atom. The van der Waals surface area contributed by atoms with Crippen LogP contribution >= 0.6 is 11.6 Å². The standard InChI is InChI=1S/C14H13ClN2O/c1-9-7-13(17-14(15)16-9)10-3-2-4-12(8-10)18-11-5-6-11/h2-4,7-8,11H,5-6H2,1H3. The molecule has 3 nitrogen and oxygen atoms in total. The molecule has 1 fully saturated rings. The lowest BCUT2D eigenvalue weighted by Crippen LogP contribution is -1.96. The maximum absolute atomic E-state index is 5.88. The van der Waals surface area contributed by atoms with Gasteiger partial charge in [-0.25, -0.2) is 9.97 Å². The molecule has 1 aliphatic rings. The SMILES string of the molecule is Cc1cc(-c2cccc(OC3CC3)c2)nc(Cl)n1. The van der Waals surface area contributed by atoms with Gasteiger partial charge in [-0.3, -0.25) is 0 Å². The van der Waals surface area contributed by atoms with Crippen LogP contribution in [0.5, 0.6) is 5.75 Å². The predicted molar refractivity (Wildman–Crippen MR) is 70.9 cm³/mol.